The third kappa shape index (κ3) is 2.70. The van der Waals surface area contributed by atoms with E-state index in [0.29, 0.717) is 29.1 Å². The summed E-state index contributed by atoms with van der Waals surface area (Å²) >= 11 is 1.82. The molecule has 2 heterocycles. The molecule has 0 N–H and O–H groups in total. The van der Waals surface area contributed by atoms with Crippen LogP contribution in [-0.2, 0) is 0 Å². The highest BCUT2D eigenvalue weighted by molar-refractivity contribution is 8.00. The second kappa shape index (κ2) is 5.56. The molecule has 0 fully saturated rings. The van der Waals surface area contributed by atoms with E-state index in [1.54, 1.807) is 6.92 Å². The summed E-state index contributed by atoms with van der Waals surface area (Å²) in [6.45, 7) is 6.46. The van der Waals surface area contributed by atoms with Crippen LogP contribution in [0.5, 0.6) is 0 Å². The van der Waals surface area contributed by atoms with Crippen LogP contribution in [0.2, 0.25) is 0 Å². The van der Waals surface area contributed by atoms with Gasteiger partial charge in [-0.1, -0.05) is 19.1 Å². The van der Waals surface area contributed by atoms with Gasteiger partial charge < -0.3 is 9.32 Å². The highest BCUT2D eigenvalue weighted by Gasteiger charge is 2.28. The van der Waals surface area contributed by atoms with Crippen molar-refractivity contribution in [2.75, 3.05) is 11.4 Å². The normalized spacial score (nSPS) is 18.2. The lowest BCUT2D eigenvalue weighted by atomic mass is 10.2. The zero-order valence-corrected chi connectivity index (χ0v) is 13.2. The number of hydrogen-bond acceptors (Lipinski definition) is 4. The van der Waals surface area contributed by atoms with Gasteiger partial charge in [0, 0.05) is 23.6 Å². The largest absolute Gasteiger partial charge is 0.436 e. The first-order valence-corrected chi connectivity index (χ1v) is 7.96. The number of carbonyl (C=O) groups excluding carboxylic acids is 1. The summed E-state index contributed by atoms with van der Waals surface area (Å²) in [5.74, 6) is 0.777. The van der Waals surface area contributed by atoms with E-state index in [2.05, 4.69) is 18.0 Å². The lowest BCUT2D eigenvalue weighted by molar-refractivity contribution is 0.0957. The summed E-state index contributed by atoms with van der Waals surface area (Å²) in [6, 6.07) is 8.04. The number of rotatable bonds is 1. The molecule has 0 radical (unpaired) electrons. The van der Waals surface area contributed by atoms with Crippen molar-refractivity contribution in [3.63, 3.8) is 0 Å². The van der Waals surface area contributed by atoms with Crippen molar-refractivity contribution < 1.29 is 9.21 Å². The monoisotopic (exact) mass is 302 g/mol. The lowest BCUT2D eigenvalue weighted by Crippen LogP contribution is -2.32. The molecule has 3 rings (SSSR count). The number of para-hydroxylation sites is 1. The number of anilines is 1. The van der Waals surface area contributed by atoms with E-state index in [1.807, 2.05) is 41.8 Å². The van der Waals surface area contributed by atoms with Crippen LogP contribution in [0.25, 0.3) is 0 Å². The van der Waals surface area contributed by atoms with E-state index in [9.17, 15) is 4.79 Å². The molecule has 1 unspecified atom stereocenters. The molecule has 1 amide bonds. The smallest absolute Gasteiger partial charge is 0.296 e. The number of amides is 1. The standard InChI is InChI=1S/C16H18N2O2S/c1-10-8-9-18(13-6-4-5-7-14(13)21-10)16(19)15-11(2)17-12(3)20-15/h4-7,10H,8-9H2,1-3H3. The van der Waals surface area contributed by atoms with Crippen molar-refractivity contribution >= 4 is 23.4 Å². The minimum absolute atomic E-state index is 0.102. The first-order valence-electron chi connectivity index (χ1n) is 7.08. The lowest BCUT2D eigenvalue weighted by Gasteiger charge is -2.21. The Hall–Kier alpha value is -1.75. The molecule has 1 aliphatic rings. The van der Waals surface area contributed by atoms with Crippen molar-refractivity contribution in [3.8, 4) is 0 Å². The van der Waals surface area contributed by atoms with Crippen LogP contribution in [0.15, 0.2) is 33.6 Å². The van der Waals surface area contributed by atoms with Crippen LogP contribution in [0.3, 0.4) is 0 Å². The molecule has 0 spiro atoms. The number of oxazole rings is 1. The van der Waals surface area contributed by atoms with Crippen LogP contribution in [0.1, 0.15) is 35.5 Å². The molecule has 5 heteroatoms. The third-order valence-electron chi connectivity index (χ3n) is 3.59. The summed E-state index contributed by atoms with van der Waals surface area (Å²) < 4.78 is 5.50. The predicted octanol–water partition coefficient (Wildman–Crippen LogP) is 3.82. The molecule has 1 aromatic carbocycles. The molecule has 1 aromatic heterocycles. The number of benzene rings is 1. The summed E-state index contributed by atoms with van der Waals surface area (Å²) in [6.07, 6.45) is 0.956. The fourth-order valence-electron chi connectivity index (χ4n) is 2.55. The zero-order chi connectivity index (χ0) is 15.0. The maximum absolute atomic E-state index is 12.8. The van der Waals surface area contributed by atoms with Crippen molar-refractivity contribution in [1.29, 1.82) is 0 Å². The van der Waals surface area contributed by atoms with Gasteiger partial charge >= 0.3 is 0 Å². The van der Waals surface area contributed by atoms with Gasteiger partial charge in [-0.2, -0.15) is 0 Å². The van der Waals surface area contributed by atoms with Gasteiger partial charge in [-0.15, -0.1) is 11.8 Å². The summed E-state index contributed by atoms with van der Waals surface area (Å²) in [5.41, 5.74) is 1.62. The Morgan fingerprint density at radius 2 is 2.14 bits per heavy atom. The van der Waals surface area contributed by atoms with E-state index in [0.717, 1.165) is 17.0 Å². The van der Waals surface area contributed by atoms with Crippen molar-refractivity contribution in [2.24, 2.45) is 0 Å². The van der Waals surface area contributed by atoms with Crippen molar-refractivity contribution in [1.82, 2.24) is 4.98 Å². The van der Waals surface area contributed by atoms with Gasteiger partial charge in [0.2, 0.25) is 5.76 Å². The molecule has 0 saturated carbocycles. The molecular weight excluding hydrogens is 284 g/mol. The number of aryl methyl sites for hydroxylation is 2. The SMILES string of the molecule is Cc1nc(C)c(C(=O)N2CCC(C)Sc3ccccc32)o1. The second-order valence-electron chi connectivity index (χ2n) is 5.29. The van der Waals surface area contributed by atoms with Gasteiger partial charge in [-0.25, -0.2) is 4.98 Å². The van der Waals surface area contributed by atoms with Crippen LogP contribution in [0.4, 0.5) is 5.69 Å². The molecule has 21 heavy (non-hydrogen) atoms. The number of carbonyl (C=O) groups is 1. The maximum Gasteiger partial charge on any atom is 0.296 e. The predicted molar refractivity (Wildman–Crippen MR) is 84.0 cm³/mol. The summed E-state index contributed by atoms with van der Waals surface area (Å²) in [7, 11) is 0. The third-order valence-corrected chi connectivity index (χ3v) is 4.82. The number of nitrogens with zero attached hydrogens (tertiary/aromatic N) is 2. The number of aromatic nitrogens is 1. The average molecular weight is 302 g/mol. The van der Waals surface area contributed by atoms with Crippen LogP contribution in [0, 0.1) is 13.8 Å². The quantitative estimate of drug-likeness (QED) is 0.803. The first-order chi connectivity index (χ1) is 10.1. The Kier molecular flexibility index (Phi) is 3.76. The van der Waals surface area contributed by atoms with Crippen LogP contribution >= 0.6 is 11.8 Å². The molecule has 1 atom stereocenters. The highest BCUT2D eigenvalue weighted by Crippen LogP contribution is 2.38. The molecule has 2 aromatic rings. The van der Waals surface area contributed by atoms with E-state index < -0.39 is 0 Å². The highest BCUT2D eigenvalue weighted by atomic mass is 32.2. The maximum atomic E-state index is 12.8. The molecule has 0 aliphatic carbocycles. The number of fused-ring (bicyclic) bond motifs is 1. The van der Waals surface area contributed by atoms with E-state index in [-0.39, 0.29) is 5.91 Å². The Morgan fingerprint density at radius 3 is 2.86 bits per heavy atom. The van der Waals surface area contributed by atoms with Gasteiger partial charge in [0.05, 0.1) is 11.4 Å². The van der Waals surface area contributed by atoms with Gasteiger partial charge in [-0.3, -0.25) is 4.79 Å². The molecule has 0 saturated heterocycles. The van der Waals surface area contributed by atoms with Gasteiger partial charge in [-0.05, 0) is 25.5 Å². The molecule has 1 aliphatic heterocycles. The average Bonchev–Trinajstić information content (AvgIpc) is 2.69. The van der Waals surface area contributed by atoms with Gasteiger partial charge in [0.25, 0.3) is 5.91 Å². The summed E-state index contributed by atoms with van der Waals surface area (Å²) in [4.78, 5) is 20.0. The minimum atomic E-state index is -0.102. The molecule has 4 nitrogen and oxygen atoms in total. The Bertz CT molecular complexity index is 681. The topological polar surface area (TPSA) is 46.3 Å². The summed E-state index contributed by atoms with van der Waals surface area (Å²) in [5, 5.41) is 0.488. The second-order valence-corrected chi connectivity index (χ2v) is 6.77. The van der Waals surface area contributed by atoms with Gasteiger partial charge in [0.15, 0.2) is 5.89 Å². The fraction of sp³-hybridized carbons (Fsp3) is 0.375. The van der Waals surface area contributed by atoms with E-state index >= 15 is 0 Å². The van der Waals surface area contributed by atoms with Crippen molar-refractivity contribution in [2.45, 2.75) is 37.3 Å². The Labute approximate surface area is 128 Å². The van der Waals surface area contributed by atoms with E-state index in [1.165, 1.54) is 0 Å². The number of hydrogen-bond donors (Lipinski definition) is 0. The van der Waals surface area contributed by atoms with E-state index in [4.69, 9.17) is 4.42 Å². The fourth-order valence-corrected chi connectivity index (χ4v) is 3.66. The Balaban J connectivity index is 2.02. The number of thioether (sulfide) groups is 1. The molecule has 110 valence electrons. The van der Waals surface area contributed by atoms with Gasteiger partial charge in [0.1, 0.15) is 0 Å². The molecule has 0 bridgehead atoms. The first kappa shape index (κ1) is 14.2. The van der Waals surface area contributed by atoms with Crippen LogP contribution in [-0.4, -0.2) is 22.7 Å². The van der Waals surface area contributed by atoms with Crippen molar-refractivity contribution in [3.05, 3.63) is 41.6 Å². The Morgan fingerprint density at radius 1 is 1.38 bits per heavy atom. The van der Waals surface area contributed by atoms with Crippen LogP contribution < -0.4 is 4.90 Å². The molecular formula is C16H18N2O2S. The minimum Gasteiger partial charge on any atom is -0.436 e. The zero-order valence-electron chi connectivity index (χ0n) is 12.4.